The van der Waals surface area contributed by atoms with Crippen LogP contribution in [-0.4, -0.2) is 88.7 Å². The predicted octanol–water partition coefficient (Wildman–Crippen LogP) is 9.62. The molecule has 6 aromatic rings. The average Bonchev–Trinajstić information content (AvgIpc) is 3.75. The number of imidazole rings is 2. The normalized spacial score (nSPS) is 22.7. The molecule has 4 aromatic heterocycles. The Balaban J connectivity index is 0.918. The number of hydrogen-bond acceptors (Lipinski definition) is 10. The number of amides is 3. The number of carbonyl (C=O) groups excluding carboxylic acids is 3. The Morgan fingerprint density at radius 1 is 0.938 bits per heavy atom. The number of H-pyrrole nitrogens is 2. The molecule has 11 rings (SSSR count). The largest absolute Gasteiger partial charge is 0.464 e. The van der Waals surface area contributed by atoms with Gasteiger partial charge >= 0.3 is 12.2 Å². The molecule has 65 heavy (non-hydrogen) atoms. The van der Waals surface area contributed by atoms with Crippen LogP contribution in [0.15, 0.2) is 55.0 Å². The number of carbonyl (C=O) groups is 3. The van der Waals surface area contributed by atoms with Gasteiger partial charge in [0.15, 0.2) is 0 Å². The number of hydrogen-bond donors (Lipinski definition) is 3. The van der Waals surface area contributed by atoms with E-state index in [2.05, 4.69) is 25.9 Å². The van der Waals surface area contributed by atoms with Crippen molar-refractivity contribution in [2.75, 3.05) is 13.7 Å². The fraction of sp³-hybridized carbons (Fsp3) is 0.458. The minimum atomic E-state index is -0.762. The highest BCUT2D eigenvalue weighted by Gasteiger charge is 2.56. The average molecular weight is 902 g/mol. The zero-order valence-electron chi connectivity index (χ0n) is 37.2. The minimum Gasteiger partial charge on any atom is -0.464 e. The van der Waals surface area contributed by atoms with Crippen molar-refractivity contribution in [1.82, 2.24) is 44.6 Å². The van der Waals surface area contributed by atoms with Crippen LogP contribution in [0.1, 0.15) is 119 Å². The molecule has 2 unspecified atom stereocenters. The highest BCUT2D eigenvalue weighted by molar-refractivity contribution is 7.11. The molecule has 17 heteroatoms. The van der Waals surface area contributed by atoms with Crippen LogP contribution in [0.5, 0.6) is 5.75 Å². The van der Waals surface area contributed by atoms with Gasteiger partial charge in [-0.25, -0.2) is 28.9 Å². The smallest absolute Gasteiger partial charge is 0.411 e. The summed E-state index contributed by atoms with van der Waals surface area (Å²) in [6.07, 6.45) is 9.32. The van der Waals surface area contributed by atoms with Crippen LogP contribution < -0.4 is 10.1 Å². The lowest BCUT2D eigenvalue weighted by molar-refractivity contribution is -0.135. The predicted molar refractivity (Wildman–Crippen MR) is 241 cm³/mol. The minimum absolute atomic E-state index is 0.167. The van der Waals surface area contributed by atoms with E-state index in [1.54, 1.807) is 22.4 Å². The third-order valence-electron chi connectivity index (χ3n) is 13.4. The topological polar surface area (TPSA) is 173 Å². The summed E-state index contributed by atoms with van der Waals surface area (Å²) in [5.74, 6) is 1.81. The number of halogens is 1. The lowest BCUT2D eigenvalue weighted by Crippen LogP contribution is -2.51. The molecule has 0 spiro atoms. The molecule has 2 saturated carbocycles. The van der Waals surface area contributed by atoms with Gasteiger partial charge in [0, 0.05) is 41.2 Å². The molecular weight excluding hydrogens is 850 g/mol. The SMILES string of the molecule is COC(=O)N[C@H](C(=O)N1CCC[C@H]1c1ncc(-c2cc(F)c3c(c2)OC(c2cnc(C4CC4)s2)n2c-3cc3cc(-c4cnc([C@@H]5C[C@H]6CC6N5C(=O)OC(C)(C)C)[nH]4)ccc32)[nH]1)C(C)C. The first-order valence-electron chi connectivity index (χ1n) is 22.6. The number of ether oxygens (including phenoxy) is 3. The van der Waals surface area contributed by atoms with Crippen LogP contribution in [0.3, 0.4) is 0 Å². The summed E-state index contributed by atoms with van der Waals surface area (Å²) in [5, 5.41) is 4.68. The molecule has 2 saturated heterocycles. The van der Waals surface area contributed by atoms with Gasteiger partial charge in [0.05, 0.1) is 69.6 Å². The number of rotatable bonds is 9. The van der Waals surface area contributed by atoms with Gasteiger partial charge in [0.25, 0.3) is 0 Å². The van der Waals surface area contributed by atoms with E-state index in [0.717, 1.165) is 70.0 Å². The number of alkyl carbamates (subject to hydrolysis) is 1. The van der Waals surface area contributed by atoms with Gasteiger partial charge in [-0.3, -0.25) is 14.3 Å². The monoisotopic (exact) mass is 901 g/mol. The summed E-state index contributed by atoms with van der Waals surface area (Å²) in [6, 6.07) is 10.4. The fourth-order valence-corrected chi connectivity index (χ4v) is 11.1. The molecule has 6 atom stereocenters. The van der Waals surface area contributed by atoms with Gasteiger partial charge in [-0.15, -0.1) is 11.3 Å². The van der Waals surface area contributed by atoms with Crippen molar-refractivity contribution < 1.29 is 33.0 Å². The first kappa shape index (κ1) is 41.5. The van der Waals surface area contributed by atoms with Crippen molar-refractivity contribution in [3.8, 4) is 39.5 Å². The Hall–Kier alpha value is -6.23. The maximum Gasteiger partial charge on any atom is 0.411 e. The Kier molecular flexibility index (Phi) is 9.86. The van der Waals surface area contributed by atoms with Crippen LogP contribution in [0.2, 0.25) is 0 Å². The Morgan fingerprint density at radius 2 is 1.69 bits per heavy atom. The molecule has 4 fully saturated rings. The molecule has 3 aliphatic heterocycles. The van der Waals surface area contributed by atoms with Gasteiger partial charge in [-0.1, -0.05) is 19.9 Å². The van der Waals surface area contributed by atoms with Crippen LogP contribution in [0.4, 0.5) is 14.0 Å². The molecule has 2 aliphatic carbocycles. The van der Waals surface area contributed by atoms with Gasteiger partial charge in [0.2, 0.25) is 12.1 Å². The lowest BCUT2D eigenvalue weighted by atomic mass is 10.0. The number of methoxy groups -OCH3 is 1. The molecule has 3 amide bonds. The summed E-state index contributed by atoms with van der Waals surface area (Å²) in [4.78, 5) is 65.0. The highest BCUT2D eigenvalue weighted by Crippen LogP contribution is 2.54. The van der Waals surface area contributed by atoms with E-state index in [-0.39, 0.29) is 36.0 Å². The maximum absolute atomic E-state index is 16.9. The summed E-state index contributed by atoms with van der Waals surface area (Å²) in [5.41, 5.74) is 4.18. The van der Waals surface area contributed by atoms with E-state index in [1.165, 1.54) is 13.2 Å². The Labute approximate surface area is 379 Å². The van der Waals surface area contributed by atoms with Crippen LogP contribution >= 0.6 is 11.3 Å². The van der Waals surface area contributed by atoms with Crippen molar-refractivity contribution in [3.63, 3.8) is 0 Å². The number of likely N-dealkylation sites (tertiary alicyclic amines) is 2. The van der Waals surface area contributed by atoms with Crippen LogP contribution in [-0.2, 0) is 14.3 Å². The molecule has 338 valence electrons. The molecule has 5 aliphatic rings. The lowest BCUT2D eigenvalue weighted by Gasteiger charge is -2.30. The number of piperidine rings is 1. The van der Waals surface area contributed by atoms with E-state index in [1.807, 2.05) is 76.2 Å². The second-order valence-corrected chi connectivity index (χ2v) is 20.6. The second kappa shape index (κ2) is 15.5. The van der Waals surface area contributed by atoms with Crippen molar-refractivity contribution in [1.29, 1.82) is 0 Å². The Bertz CT molecular complexity index is 2870. The van der Waals surface area contributed by atoms with Gasteiger partial charge < -0.3 is 34.4 Å². The second-order valence-electron chi connectivity index (χ2n) is 19.5. The third kappa shape index (κ3) is 7.41. The number of benzene rings is 2. The number of aromatic nitrogens is 6. The summed E-state index contributed by atoms with van der Waals surface area (Å²) >= 11 is 1.64. The number of fused-ring (bicyclic) bond motifs is 6. The van der Waals surface area contributed by atoms with E-state index in [0.29, 0.717) is 58.9 Å². The molecule has 2 aromatic carbocycles. The van der Waals surface area contributed by atoms with Crippen molar-refractivity contribution in [3.05, 3.63) is 82.3 Å². The van der Waals surface area contributed by atoms with Crippen molar-refractivity contribution in [2.45, 2.75) is 115 Å². The number of aromatic amines is 2. The Morgan fingerprint density at radius 3 is 2.42 bits per heavy atom. The molecule has 15 nitrogen and oxygen atoms in total. The fourth-order valence-electron chi connectivity index (χ4n) is 10.00. The molecule has 7 heterocycles. The number of nitrogens with one attached hydrogen (secondary N) is 3. The molecule has 0 radical (unpaired) electrons. The quantitative estimate of drug-likeness (QED) is 0.128. The van der Waals surface area contributed by atoms with E-state index in [9.17, 15) is 14.4 Å². The van der Waals surface area contributed by atoms with E-state index in [4.69, 9.17) is 29.2 Å². The molecule has 0 bridgehead atoms. The summed E-state index contributed by atoms with van der Waals surface area (Å²) < 4.78 is 36.4. The standard InChI is InChI=1S/C48H52FN9O6S/c1-23(2)40(55-46(60)62-6)44(59)56-13-7-8-33(56)41-50-21-31(54-41)26-15-29(49)39-35-17-27-14-25(30-20-51-42(53-30)36-18-28-16-34(28)58(36)47(61)64-48(3,4)5)11-12-32(27)57(35)45(63-37(39)19-26)38-22-52-43(65-38)24-9-10-24/h11-12,14-15,17,19-24,28,33-34,36,40,45H,7-10,13,16,18H2,1-6H3,(H,50,54)(H,51,53)(H,55,60)/t28-,33+,34?,36+,40+,45?/m1/s1. The van der Waals surface area contributed by atoms with Crippen molar-refractivity contribution in [2.24, 2.45) is 11.8 Å². The summed E-state index contributed by atoms with van der Waals surface area (Å²) in [6.45, 7) is 9.92. The summed E-state index contributed by atoms with van der Waals surface area (Å²) in [7, 11) is 1.27. The first-order chi connectivity index (χ1) is 31.2. The van der Waals surface area contributed by atoms with Crippen LogP contribution in [0.25, 0.3) is 44.7 Å². The van der Waals surface area contributed by atoms with E-state index >= 15 is 4.39 Å². The van der Waals surface area contributed by atoms with Gasteiger partial charge in [-0.2, -0.15) is 0 Å². The van der Waals surface area contributed by atoms with Crippen molar-refractivity contribution >= 4 is 40.3 Å². The highest BCUT2D eigenvalue weighted by atomic mass is 32.1. The van der Waals surface area contributed by atoms with Gasteiger partial charge in [0.1, 0.15) is 34.9 Å². The molecular formula is C48H52FN9O6S. The molecule has 3 N–H and O–H groups in total. The third-order valence-corrected chi connectivity index (χ3v) is 14.6. The zero-order valence-corrected chi connectivity index (χ0v) is 38.0. The van der Waals surface area contributed by atoms with Crippen LogP contribution in [0, 0.1) is 17.7 Å². The van der Waals surface area contributed by atoms with E-state index < -0.39 is 29.8 Å². The number of thiazole rings is 1. The maximum atomic E-state index is 16.9. The zero-order chi connectivity index (χ0) is 45.1. The van der Waals surface area contributed by atoms with Gasteiger partial charge in [-0.05, 0) is 101 Å². The first-order valence-corrected chi connectivity index (χ1v) is 23.4. The number of nitrogens with zero attached hydrogens (tertiary/aromatic N) is 6.